The first-order chi connectivity index (χ1) is 35.7. The number of ether oxygens (including phenoxy) is 1. The summed E-state index contributed by atoms with van der Waals surface area (Å²) in [4.78, 5) is 8.19. The Hall–Kier alpha value is -6.96. The summed E-state index contributed by atoms with van der Waals surface area (Å²) in [5.74, 6) is -1.67. The fraction of sp³-hybridized carbons (Fsp3) is 0.222. The zero-order chi connectivity index (χ0) is 55.1. The van der Waals surface area contributed by atoms with E-state index < -0.39 is 74.3 Å². The molecular weight excluding hydrogens is 1110 g/mol. The number of pyridine rings is 1. The Morgan fingerprint density at radius 2 is 1.41 bits per heavy atom. The molecule has 0 saturated heterocycles. The summed E-state index contributed by atoms with van der Waals surface area (Å²) in [6, 6.07) is 18.4. The van der Waals surface area contributed by atoms with E-state index in [2.05, 4.69) is 40.7 Å². The predicted molar refractivity (Wildman–Crippen MR) is 280 cm³/mol. The molecule has 0 aliphatic heterocycles. The quantitative estimate of drug-likeness (QED) is 0.0190. The molecule has 8 rings (SSSR count). The average molecular weight is 1150 g/mol. The molecule has 25 nitrogen and oxygen atoms in total. The number of aliphatic hydroxyl groups excluding tert-OH is 1. The van der Waals surface area contributed by atoms with Gasteiger partial charge in [0.05, 0.1) is 62.4 Å². The van der Waals surface area contributed by atoms with Crippen molar-refractivity contribution in [1.82, 2.24) is 14.4 Å². The SMILES string of the molecule is Cc1cc(N=Nc2c(C)c(C#N)c3nc4cc(S(=O)(=O)O)c(C)cc4n3c2O)c(OCCCS(=O)(=O)O)cc1N=Nc1cc(CO)c(N=Nc2nc3c(S(=O)(=O)O)cc4ccccc4c3s2)cc1SCCCS(=O)(=O)O. The molecule has 0 aliphatic rings. The van der Waals surface area contributed by atoms with Gasteiger partial charge in [-0.25, -0.2) is 9.97 Å². The fourth-order valence-electron chi connectivity index (χ4n) is 7.75. The molecule has 0 radical (unpaired) electrons. The van der Waals surface area contributed by atoms with E-state index in [-0.39, 0.29) is 109 Å². The highest BCUT2D eigenvalue weighted by atomic mass is 32.2. The summed E-state index contributed by atoms with van der Waals surface area (Å²) in [5, 5.41) is 59.6. The second kappa shape index (κ2) is 21.6. The van der Waals surface area contributed by atoms with Gasteiger partial charge < -0.3 is 14.9 Å². The molecule has 8 aromatic rings. The number of imidazole rings is 1. The van der Waals surface area contributed by atoms with Gasteiger partial charge in [0, 0.05) is 27.5 Å². The lowest BCUT2D eigenvalue weighted by Crippen LogP contribution is -2.08. The van der Waals surface area contributed by atoms with Crippen LogP contribution >= 0.6 is 23.1 Å². The second-order valence-corrected chi connectivity index (χ2v) is 24.7. The minimum absolute atomic E-state index is 0.00130. The Bertz CT molecular complexity index is 4310. The first-order valence-corrected chi connectivity index (χ1v) is 29.8. The van der Waals surface area contributed by atoms with Gasteiger partial charge >= 0.3 is 0 Å². The van der Waals surface area contributed by atoms with E-state index >= 15 is 0 Å². The number of nitriles is 1. The summed E-state index contributed by atoms with van der Waals surface area (Å²) in [6.07, 6.45) is -0.177. The third-order valence-electron chi connectivity index (χ3n) is 11.3. The molecule has 0 saturated carbocycles. The monoisotopic (exact) mass is 1150 g/mol. The second-order valence-electron chi connectivity index (χ2n) is 16.7. The molecule has 0 spiro atoms. The molecule has 5 aromatic carbocycles. The van der Waals surface area contributed by atoms with E-state index in [1.54, 1.807) is 31.2 Å². The molecule has 76 heavy (non-hydrogen) atoms. The molecule has 0 bridgehead atoms. The van der Waals surface area contributed by atoms with Crippen LogP contribution in [0, 0.1) is 32.1 Å². The molecular formula is C45H40N10O15S6. The standard InChI is InChI=1S/C45H40N10O15S6/c1-23-14-33(51-53-40-25(3)29(21-46)43-47-32-20-38(75(64,65)66)24(2)15-35(32)55(43)44(40)57)36(70-10-6-12-73(58,59)60)18-30(23)49-52-34-16-27(22-56)31(19-37(34)71-11-7-13-74(61,62)63)50-54-45-48-41-39(76(67,68)69)17-26-8-4-5-9-28(26)42(41)72-45/h4-5,8-9,14-20,56-57H,6-7,10-13,22H2,1-3H3,(H,58,59,60)(H,61,62,63)(H,64,65,66)(H,67,68,69). The normalized spacial score (nSPS) is 12.9. The number of aliphatic hydroxyl groups is 1. The highest BCUT2D eigenvalue weighted by Crippen LogP contribution is 2.44. The first-order valence-electron chi connectivity index (χ1n) is 21.9. The Morgan fingerprint density at radius 1 is 0.737 bits per heavy atom. The van der Waals surface area contributed by atoms with Gasteiger partial charge in [0.15, 0.2) is 11.3 Å². The number of benzene rings is 5. The van der Waals surface area contributed by atoms with Crippen LogP contribution in [-0.4, -0.2) is 100 Å². The molecule has 0 atom stereocenters. The van der Waals surface area contributed by atoms with Crippen molar-refractivity contribution in [3.05, 3.63) is 94.5 Å². The van der Waals surface area contributed by atoms with Crippen molar-refractivity contribution >= 4 is 135 Å². The van der Waals surface area contributed by atoms with E-state index in [4.69, 9.17) is 4.74 Å². The minimum Gasteiger partial charge on any atom is -0.493 e. The van der Waals surface area contributed by atoms with Crippen molar-refractivity contribution < 1.29 is 66.8 Å². The number of hydrogen-bond donors (Lipinski definition) is 6. The number of azo groups is 3. The minimum atomic E-state index is -4.71. The molecule has 0 amide bonds. The number of hydrogen-bond acceptors (Lipinski definition) is 22. The summed E-state index contributed by atoms with van der Waals surface area (Å²) in [6.45, 7) is 3.62. The Morgan fingerprint density at radius 3 is 2.09 bits per heavy atom. The topological polar surface area (TPSA) is 395 Å². The van der Waals surface area contributed by atoms with Crippen LogP contribution in [0.1, 0.15) is 40.7 Å². The van der Waals surface area contributed by atoms with E-state index in [9.17, 15) is 67.4 Å². The lowest BCUT2D eigenvalue weighted by atomic mass is 10.1. The van der Waals surface area contributed by atoms with Crippen molar-refractivity contribution in [3.63, 3.8) is 0 Å². The number of aryl methyl sites for hydroxylation is 2. The van der Waals surface area contributed by atoms with Crippen LogP contribution in [0.3, 0.4) is 0 Å². The van der Waals surface area contributed by atoms with Gasteiger partial charge in [-0.2, -0.15) is 44.0 Å². The molecule has 396 valence electrons. The average Bonchev–Trinajstić information content (AvgIpc) is 3.95. The number of thioether (sulfide) groups is 1. The van der Waals surface area contributed by atoms with Crippen LogP contribution in [-0.2, 0) is 47.1 Å². The third-order valence-corrected chi connectivity index (χ3v) is 16.9. The van der Waals surface area contributed by atoms with Gasteiger partial charge in [-0.05, 0) is 92.3 Å². The molecule has 31 heteroatoms. The largest absolute Gasteiger partial charge is 0.493 e. The Kier molecular flexibility index (Phi) is 15.7. The Labute approximate surface area is 440 Å². The predicted octanol–water partition coefficient (Wildman–Crippen LogP) is 10.0. The van der Waals surface area contributed by atoms with Gasteiger partial charge in [0.2, 0.25) is 11.0 Å². The number of rotatable bonds is 19. The maximum Gasteiger partial charge on any atom is 0.296 e. The molecule has 3 heterocycles. The summed E-state index contributed by atoms with van der Waals surface area (Å²) in [7, 11) is -18.1. The lowest BCUT2D eigenvalue weighted by Gasteiger charge is -2.12. The zero-order valence-electron chi connectivity index (χ0n) is 39.6. The van der Waals surface area contributed by atoms with Crippen LogP contribution in [0.2, 0.25) is 0 Å². The van der Waals surface area contributed by atoms with Crippen molar-refractivity contribution in [3.8, 4) is 17.7 Å². The van der Waals surface area contributed by atoms with Gasteiger partial charge in [-0.15, -0.1) is 37.3 Å². The van der Waals surface area contributed by atoms with Crippen LogP contribution < -0.4 is 4.74 Å². The number of aromatic hydroxyl groups is 1. The highest BCUT2D eigenvalue weighted by Gasteiger charge is 2.25. The van der Waals surface area contributed by atoms with Gasteiger partial charge in [0.25, 0.3) is 40.5 Å². The number of fused-ring (bicyclic) bond motifs is 6. The number of aromatic nitrogens is 3. The molecule has 0 unspecified atom stereocenters. The van der Waals surface area contributed by atoms with Crippen LogP contribution in [0.25, 0.3) is 37.7 Å². The number of thiazole rings is 1. The van der Waals surface area contributed by atoms with E-state index in [1.807, 2.05) is 6.07 Å². The summed E-state index contributed by atoms with van der Waals surface area (Å²) < 4.78 is 141. The van der Waals surface area contributed by atoms with E-state index in [0.29, 0.717) is 25.9 Å². The summed E-state index contributed by atoms with van der Waals surface area (Å²) in [5.41, 5.74) is 1.08. The van der Waals surface area contributed by atoms with Crippen molar-refractivity contribution in [1.29, 1.82) is 5.26 Å². The van der Waals surface area contributed by atoms with Crippen molar-refractivity contribution in [2.45, 2.75) is 54.9 Å². The maximum absolute atomic E-state index is 12.4. The third kappa shape index (κ3) is 12.2. The maximum atomic E-state index is 12.4. The lowest BCUT2D eigenvalue weighted by molar-refractivity contribution is 0.282. The van der Waals surface area contributed by atoms with E-state index in [0.717, 1.165) is 29.2 Å². The van der Waals surface area contributed by atoms with Crippen molar-refractivity contribution in [2.75, 3.05) is 23.9 Å². The molecule has 6 N–H and O–H groups in total. The highest BCUT2D eigenvalue weighted by molar-refractivity contribution is 7.99. The number of nitrogens with zero attached hydrogens (tertiary/aromatic N) is 10. The molecule has 0 aliphatic carbocycles. The van der Waals surface area contributed by atoms with Crippen molar-refractivity contribution in [2.24, 2.45) is 30.7 Å². The first kappa shape index (κ1) is 55.3. The summed E-state index contributed by atoms with van der Waals surface area (Å²) >= 11 is 2.11. The molecule has 3 aromatic heterocycles. The van der Waals surface area contributed by atoms with Gasteiger partial charge in [0.1, 0.15) is 33.5 Å². The van der Waals surface area contributed by atoms with Crippen LogP contribution in [0.4, 0.5) is 33.6 Å². The Balaban J connectivity index is 1.18. The van der Waals surface area contributed by atoms with E-state index in [1.165, 1.54) is 54.6 Å². The van der Waals surface area contributed by atoms with Crippen LogP contribution in [0.15, 0.2) is 112 Å². The van der Waals surface area contributed by atoms with Crippen LogP contribution in [0.5, 0.6) is 11.6 Å². The zero-order valence-corrected chi connectivity index (χ0v) is 44.5. The smallest absolute Gasteiger partial charge is 0.296 e. The van der Waals surface area contributed by atoms with Gasteiger partial charge in [-0.3, -0.25) is 22.6 Å². The fourth-order valence-corrected chi connectivity index (χ4v) is 12.3. The molecule has 0 fully saturated rings. The van der Waals surface area contributed by atoms with Gasteiger partial charge in [-0.1, -0.05) is 35.6 Å².